The summed E-state index contributed by atoms with van der Waals surface area (Å²) in [5.74, 6) is 0.163. The summed E-state index contributed by atoms with van der Waals surface area (Å²) in [6, 6.07) is 46.2. The summed E-state index contributed by atoms with van der Waals surface area (Å²) < 4.78 is 14.2. The van der Waals surface area contributed by atoms with E-state index in [1.807, 2.05) is 71.6 Å². The molecule has 5 aromatic carbocycles. The fourth-order valence-corrected chi connectivity index (χ4v) is 11.2. The Labute approximate surface area is 370 Å². The summed E-state index contributed by atoms with van der Waals surface area (Å²) >= 11 is 0. The van der Waals surface area contributed by atoms with Crippen LogP contribution in [0.5, 0.6) is 0 Å². The molecule has 3 aliphatic rings. The Morgan fingerprint density at radius 2 is 1.25 bits per heavy atom. The van der Waals surface area contributed by atoms with Crippen LogP contribution in [0.3, 0.4) is 0 Å². The van der Waals surface area contributed by atoms with E-state index in [-0.39, 0.29) is 11.8 Å². The minimum absolute atomic E-state index is 0.0692. The Balaban J connectivity index is 1.04. The molecule has 2 aliphatic heterocycles. The predicted molar refractivity (Wildman–Crippen MR) is 256 cm³/mol. The van der Waals surface area contributed by atoms with Crippen LogP contribution >= 0.6 is 7.92 Å². The third-order valence-electron chi connectivity index (χ3n) is 12.1. The number of ether oxygens (including phenoxy) is 1. The number of esters is 1. The second-order valence-electron chi connectivity index (χ2n) is 15.6. The summed E-state index contributed by atoms with van der Waals surface area (Å²) in [5.41, 5.74) is 6.54. The van der Waals surface area contributed by atoms with E-state index < -0.39 is 13.9 Å². The maximum Gasteiger partial charge on any atom is 0.338 e. The van der Waals surface area contributed by atoms with Crippen molar-refractivity contribution in [3.63, 3.8) is 0 Å². The SMILES string of the molecule is CCN(CC)c1ccc2c(-c3ccc(C(=O)N4CCN(C(=O)c5ccc(C(=O)OC)c(P(c6ccccc6)c6ccccc6)c5)CC4)cc3)c3ccc(=[N+](CC)CC)cc-3oc2c1. The van der Waals surface area contributed by atoms with Crippen molar-refractivity contribution in [2.45, 2.75) is 27.7 Å². The van der Waals surface area contributed by atoms with E-state index in [1.54, 1.807) is 17.0 Å². The summed E-state index contributed by atoms with van der Waals surface area (Å²) in [7, 11) is 0.193. The molecule has 9 nitrogen and oxygen atoms in total. The molecular weight excluding hydrogens is 804 g/mol. The van der Waals surface area contributed by atoms with Crippen LogP contribution in [0.2, 0.25) is 0 Å². The van der Waals surface area contributed by atoms with Crippen molar-refractivity contribution in [3.05, 3.63) is 162 Å². The van der Waals surface area contributed by atoms with E-state index in [9.17, 15) is 14.4 Å². The molecule has 320 valence electrons. The van der Waals surface area contributed by atoms with Crippen LogP contribution in [0, 0.1) is 0 Å². The number of rotatable bonds is 12. The number of methoxy groups -OCH3 is 1. The van der Waals surface area contributed by atoms with E-state index in [0.29, 0.717) is 42.9 Å². The lowest BCUT2D eigenvalue weighted by Gasteiger charge is -2.35. The van der Waals surface area contributed by atoms with Gasteiger partial charge in [-0.05, 0) is 100 Å². The molecule has 0 spiro atoms. The zero-order valence-corrected chi connectivity index (χ0v) is 37.6. The third kappa shape index (κ3) is 8.76. The van der Waals surface area contributed by atoms with Gasteiger partial charge in [0.15, 0.2) is 0 Å². The lowest BCUT2D eigenvalue weighted by molar-refractivity contribution is 0.0535. The maximum atomic E-state index is 14.2. The Kier molecular flexibility index (Phi) is 13.1. The molecule has 8 rings (SSSR count). The molecule has 10 heteroatoms. The number of hydrogen-bond acceptors (Lipinski definition) is 6. The number of fused-ring (bicyclic) bond motifs is 2. The van der Waals surface area contributed by atoms with Gasteiger partial charge >= 0.3 is 5.97 Å². The van der Waals surface area contributed by atoms with Crippen LogP contribution in [-0.2, 0) is 4.74 Å². The van der Waals surface area contributed by atoms with Crippen molar-refractivity contribution >= 4 is 58.3 Å². The van der Waals surface area contributed by atoms with Gasteiger partial charge in [0, 0.05) is 90.0 Å². The molecule has 0 saturated carbocycles. The highest BCUT2D eigenvalue weighted by atomic mass is 31.1. The molecule has 5 aromatic rings. The molecule has 0 atom stereocenters. The Morgan fingerprint density at radius 3 is 1.83 bits per heavy atom. The van der Waals surface area contributed by atoms with Gasteiger partial charge < -0.3 is 23.9 Å². The lowest BCUT2D eigenvalue weighted by Crippen LogP contribution is -2.50. The second kappa shape index (κ2) is 19.2. The monoisotopic (exact) mass is 857 g/mol. The van der Waals surface area contributed by atoms with Crippen LogP contribution in [0.25, 0.3) is 33.4 Å². The zero-order chi connectivity index (χ0) is 44.0. The molecule has 1 aliphatic carbocycles. The van der Waals surface area contributed by atoms with Crippen molar-refractivity contribution in [2.75, 3.05) is 64.4 Å². The second-order valence-corrected chi connectivity index (χ2v) is 17.8. The molecule has 2 amide bonds. The van der Waals surface area contributed by atoms with Gasteiger partial charge in [0.1, 0.15) is 24.4 Å². The molecule has 0 radical (unpaired) electrons. The topological polar surface area (TPSA) is 86.3 Å². The van der Waals surface area contributed by atoms with Crippen LogP contribution < -0.4 is 30.7 Å². The molecule has 0 aromatic heterocycles. The highest BCUT2D eigenvalue weighted by Gasteiger charge is 2.29. The van der Waals surface area contributed by atoms with E-state index in [4.69, 9.17) is 9.15 Å². The minimum Gasteiger partial charge on any atom is -0.465 e. The fourth-order valence-electron chi connectivity index (χ4n) is 8.72. The molecule has 0 N–H and O–H groups in total. The predicted octanol–water partition coefficient (Wildman–Crippen LogP) is 8.01. The molecule has 0 unspecified atom stereocenters. The molecule has 2 heterocycles. The number of amides is 2. The van der Waals surface area contributed by atoms with Crippen molar-refractivity contribution in [1.29, 1.82) is 0 Å². The van der Waals surface area contributed by atoms with Gasteiger partial charge in [-0.3, -0.25) is 9.59 Å². The standard InChI is InChI=1S/C53H54N4O5P/c1-6-54(7-2)40-25-28-44-47(35-40)62-48-36-41(55(8-3)9-4)26-29-45(48)50(44)37-20-22-38(23-21-37)51(58)56-30-32-57(33-31-56)52(59)39-24-27-46(53(60)61-5)49(34-39)63(42-16-12-10-13-17-42)43-18-14-11-15-19-43/h10-29,34-36H,6-9,30-33H2,1-5H3/q+1. The van der Waals surface area contributed by atoms with Crippen molar-refractivity contribution in [2.24, 2.45) is 0 Å². The average molecular weight is 858 g/mol. The summed E-state index contributed by atoms with van der Waals surface area (Å²) in [6.07, 6.45) is 0. The van der Waals surface area contributed by atoms with Crippen LogP contribution in [0.15, 0.2) is 144 Å². The number of hydrogen-bond donors (Lipinski definition) is 0. The molecular formula is C53H54N4O5P+. The molecule has 1 fully saturated rings. The minimum atomic E-state index is -1.18. The van der Waals surface area contributed by atoms with E-state index in [2.05, 4.69) is 97.8 Å². The number of carbonyl (C=O) groups is 3. The highest BCUT2D eigenvalue weighted by Crippen LogP contribution is 2.41. The lowest BCUT2D eigenvalue weighted by atomic mass is 9.93. The Bertz CT molecular complexity index is 2750. The maximum absolute atomic E-state index is 14.2. The van der Waals surface area contributed by atoms with Crippen molar-refractivity contribution in [1.82, 2.24) is 14.4 Å². The van der Waals surface area contributed by atoms with E-state index >= 15 is 0 Å². The smallest absolute Gasteiger partial charge is 0.338 e. The van der Waals surface area contributed by atoms with E-state index in [1.165, 1.54) is 7.11 Å². The summed E-state index contributed by atoms with van der Waals surface area (Å²) in [6.45, 7) is 13.8. The first kappa shape index (κ1) is 43.1. The largest absolute Gasteiger partial charge is 0.465 e. The van der Waals surface area contributed by atoms with Gasteiger partial charge in [-0.25, -0.2) is 9.37 Å². The Morgan fingerprint density at radius 1 is 0.667 bits per heavy atom. The first-order valence-electron chi connectivity index (χ1n) is 21.9. The van der Waals surface area contributed by atoms with E-state index in [0.717, 1.165) is 86.6 Å². The quantitative estimate of drug-likeness (QED) is 0.0536. The molecule has 0 bridgehead atoms. The summed E-state index contributed by atoms with van der Waals surface area (Å²) in [5, 5.41) is 5.01. The van der Waals surface area contributed by atoms with Gasteiger partial charge in [0.05, 0.1) is 18.7 Å². The number of nitrogens with zero attached hydrogens (tertiary/aromatic N) is 4. The molecule has 1 saturated heterocycles. The number of carbonyl (C=O) groups excluding carboxylic acids is 3. The fraction of sp³-hybridized carbons (Fsp3) is 0.245. The van der Waals surface area contributed by atoms with Crippen LogP contribution in [0.1, 0.15) is 58.8 Å². The molecule has 63 heavy (non-hydrogen) atoms. The van der Waals surface area contributed by atoms with Crippen LogP contribution in [0.4, 0.5) is 5.69 Å². The highest BCUT2D eigenvalue weighted by molar-refractivity contribution is 7.80. The first-order chi connectivity index (χ1) is 30.8. The number of piperazine rings is 1. The summed E-state index contributed by atoms with van der Waals surface area (Å²) in [4.78, 5) is 47.3. The van der Waals surface area contributed by atoms with Crippen LogP contribution in [-0.4, -0.2) is 87.1 Å². The zero-order valence-electron chi connectivity index (χ0n) is 36.7. The number of anilines is 1. The third-order valence-corrected chi connectivity index (χ3v) is 14.6. The first-order valence-corrected chi connectivity index (χ1v) is 23.3. The van der Waals surface area contributed by atoms with Gasteiger partial charge in [0.25, 0.3) is 11.8 Å². The average Bonchev–Trinajstić information content (AvgIpc) is 3.34. The van der Waals surface area contributed by atoms with Gasteiger partial charge in [-0.1, -0.05) is 72.8 Å². The number of benzene rings is 6. The van der Waals surface area contributed by atoms with Crippen molar-refractivity contribution < 1.29 is 23.5 Å². The Hall–Kier alpha value is -6.57. The van der Waals surface area contributed by atoms with Gasteiger partial charge in [0.2, 0.25) is 5.36 Å². The van der Waals surface area contributed by atoms with Gasteiger partial charge in [-0.2, -0.15) is 0 Å². The normalized spacial score (nSPS) is 12.8. The van der Waals surface area contributed by atoms with Crippen molar-refractivity contribution in [3.8, 4) is 22.5 Å². The van der Waals surface area contributed by atoms with Gasteiger partial charge in [-0.15, -0.1) is 0 Å².